The van der Waals surface area contributed by atoms with E-state index in [-0.39, 0.29) is 21.0 Å². The topological polar surface area (TPSA) is 86.1 Å². The highest BCUT2D eigenvalue weighted by molar-refractivity contribution is 7.89. The van der Waals surface area contributed by atoms with Crippen molar-refractivity contribution in [3.63, 3.8) is 0 Å². The SMILES string of the molecule is CCn1c(Oc2ccc(Cl)c(C)c2)nnc1[C@@H](C)NS(=O)(=O)c1ccc(Cl)c(Cl)c1. The fourth-order valence-corrected chi connectivity index (χ4v) is 4.48. The van der Waals surface area contributed by atoms with Crippen molar-refractivity contribution in [3.05, 3.63) is 62.9 Å². The Bertz CT molecular complexity index is 1180. The van der Waals surface area contributed by atoms with Gasteiger partial charge in [0, 0.05) is 11.6 Å². The lowest BCUT2D eigenvalue weighted by atomic mass is 10.2. The van der Waals surface area contributed by atoms with Gasteiger partial charge in [-0.1, -0.05) is 39.9 Å². The van der Waals surface area contributed by atoms with E-state index in [0.29, 0.717) is 23.1 Å². The zero-order valence-electron chi connectivity index (χ0n) is 16.4. The summed E-state index contributed by atoms with van der Waals surface area (Å²) in [6, 6.07) is 8.90. The van der Waals surface area contributed by atoms with Crippen molar-refractivity contribution in [3.8, 4) is 11.8 Å². The van der Waals surface area contributed by atoms with Gasteiger partial charge in [-0.3, -0.25) is 4.57 Å². The van der Waals surface area contributed by atoms with Gasteiger partial charge in [0.25, 0.3) is 0 Å². The second-order valence-corrected chi connectivity index (χ2v) is 9.45. The lowest BCUT2D eigenvalue weighted by Gasteiger charge is -2.15. The van der Waals surface area contributed by atoms with Gasteiger partial charge in [-0.05, 0) is 62.7 Å². The summed E-state index contributed by atoms with van der Waals surface area (Å²) in [6.07, 6.45) is 0. The number of aryl methyl sites for hydroxylation is 1. The van der Waals surface area contributed by atoms with Crippen LogP contribution in [-0.2, 0) is 16.6 Å². The molecule has 160 valence electrons. The summed E-state index contributed by atoms with van der Waals surface area (Å²) in [5.74, 6) is 0.955. The van der Waals surface area contributed by atoms with Gasteiger partial charge in [0.1, 0.15) is 5.75 Å². The van der Waals surface area contributed by atoms with Gasteiger partial charge in [-0.2, -0.15) is 0 Å². The Hall–Kier alpha value is -1.84. The lowest BCUT2D eigenvalue weighted by molar-refractivity contribution is 0.407. The monoisotopic (exact) mass is 488 g/mol. The molecule has 0 amide bonds. The van der Waals surface area contributed by atoms with Crippen LogP contribution in [0, 0.1) is 6.92 Å². The van der Waals surface area contributed by atoms with Crippen molar-refractivity contribution in [2.75, 3.05) is 0 Å². The third kappa shape index (κ3) is 4.90. The highest BCUT2D eigenvalue weighted by Crippen LogP contribution is 2.28. The molecule has 3 rings (SSSR count). The number of ether oxygens (including phenoxy) is 1. The van der Waals surface area contributed by atoms with Crippen LogP contribution in [0.2, 0.25) is 15.1 Å². The Morgan fingerprint density at radius 2 is 1.77 bits per heavy atom. The minimum atomic E-state index is -3.86. The summed E-state index contributed by atoms with van der Waals surface area (Å²) in [5, 5.41) is 9.24. The largest absolute Gasteiger partial charge is 0.424 e. The third-order valence-electron chi connectivity index (χ3n) is 4.32. The van der Waals surface area contributed by atoms with E-state index < -0.39 is 16.1 Å². The lowest BCUT2D eigenvalue weighted by Crippen LogP contribution is -2.29. The molecule has 0 radical (unpaired) electrons. The summed E-state index contributed by atoms with van der Waals surface area (Å²) in [7, 11) is -3.86. The van der Waals surface area contributed by atoms with Crippen molar-refractivity contribution >= 4 is 44.8 Å². The molecule has 0 unspecified atom stereocenters. The Kier molecular flexibility index (Phi) is 6.94. The number of sulfonamides is 1. The maximum Gasteiger partial charge on any atom is 0.322 e. The van der Waals surface area contributed by atoms with Crippen LogP contribution < -0.4 is 9.46 Å². The zero-order chi connectivity index (χ0) is 22.1. The number of benzene rings is 2. The van der Waals surface area contributed by atoms with Crippen LogP contribution >= 0.6 is 34.8 Å². The Morgan fingerprint density at radius 1 is 1.07 bits per heavy atom. The molecule has 30 heavy (non-hydrogen) atoms. The number of hydrogen-bond donors (Lipinski definition) is 1. The second-order valence-electron chi connectivity index (χ2n) is 6.52. The van der Waals surface area contributed by atoms with Gasteiger partial charge in [0.2, 0.25) is 10.0 Å². The van der Waals surface area contributed by atoms with E-state index in [4.69, 9.17) is 39.5 Å². The number of nitrogens with zero attached hydrogens (tertiary/aromatic N) is 3. The van der Waals surface area contributed by atoms with Crippen molar-refractivity contribution in [2.24, 2.45) is 0 Å². The van der Waals surface area contributed by atoms with Gasteiger partial charge in [-0.25, -0.2) is 13.1 Å². The average Bonchev–Trinajstić information content (AvgIpc) is 3.09. The number of aromatic nitrogens is 3. The summed E-state index contributed by atoms with van der Waals surface area (Å²) in [6.45, 7) is 5.89. The van der Waals surface area contributed by atoms with Crippen molar-refractivity contribution in [2.45, 2.75) is 38.3 Å². The van der Waals surface area contributed by atoms with Crippen molar-refractivity contribution < 1.29 is 13.2 Å². The number of hydrogen-bond acceptors (Lipinski definition) is 5. The minimum absolute atomic E-state index is 0.000531. The predicted molar refractivity (Wildman–Crippen MR) is 117 cm³/mol. The van der Waals surface area contributed by atoms with Crippen LogP contribution in [0.4, 0.5) is 0 Å². The zero-order valence-corrected chi connectivity index (χ0v) is 19.4. The molecule has 0 spiro atoms. The van der Waals surface area contributed by atoms with Crippen molar-refractivity contribution in [1.29, 1.82) is 0 Å². The summed E-state index contributed by atoms with van der Waals surface area (Å²) in [5.41, 5.74) is 0.861. The molecule has 0 saturated heterocycles. The summed E-state index contributed by atoms with van der Waals surface area (Å²) >= 11 is 17.9. The molecule has 0 aliphatic heterocycles. The van der Waals surface area contributed by atoms with E-state index in [1.54, 1.807) is 29.7 Å². The molecule has 1 atom stereocenters. The smallest absolute Gasteiger partial charge is 0.322 e. The highest BCUT2D eigenvalue weighted by Gasteiger charge is 2.24. The Balaban J connectivity index is 1.84. The number of rotatable bonds is 7. The molecule has 1 aromatic heterocycles. The van der Waals surface area contributed by atoms with E-state index in [1.807, 2.05) is 13.8 Å². The first-order chi connectivity index (χ1) is 14.1. The minimum Gasteiger partial charge on any atom is -0.424 e. The third-order valence-corrected chi connectivity index (χ3v) is 7.02. The maximum absolute atomic E-state index is 12.7. The van der Waals surface area contributed by atoms with Gasteiger partial charge >= 0.3 is 6.01 Å². The fourth-order valence-electron chi connectivity index (χ4n) is 2.78. The van der Waals surface area contributed by atoms with Crippen LogP contribution in [0.5, 0.6) is 11.8 Å². The number of halogens is 3. The average molecular weight is 490 g/mol. The van der Waals surface area contributed by atoms with Gasteiger partial charge < -0.3 is 4.74 Å². The molecule has 11 heteroatoms. The van der Waals surface area contributed by atoms with E-state index in [1.165, 1.54) is 18.2 Å². The molecular formula is C19H19Cl3N4O3S. The second kappa shape index (κ2) is 9.11. The number of nitrogens with one attached hydrogen (secondary N) is 1. The van der Waals surface area contributed by atoms with E-state index in [0.717, 1.165) is 5.56 Å². The van der Waals surface area contributed by atoms with Crippen LogP contribution in [0.15, 0.2) is 41.3 Å². The van der Waals surface area contributed by atoms with Crippen LogP contribution in [0.25, 0.3) is 0 Å². The summed E-state index contributed by atoms with van der Waals surface area (Å²) in [4.78, 5) is -0.000531. The molecule has 0 aliphatic rings. The standard InChI is InChI=1S/C19H19Cl3N4O3S/c1-4-26-18(23-24-19(26)29-13-5-7-15(20)11(2)9-13)12(3)25-30(27,28)14-6-8-16(21)17(22)10-14/h5-10,12,25H,4H2,1-3H3/t12-/m1/s1. The first-order valence-corrected chi connectivity index (χ1v) is 11.6. The highest BCUT2D eigenvalue weighted by atomic mass is 35.5. The normalized spacial score (nSPS) is 12.7. The van der Waals surface area contributed by atoms with Crippen LogP contribution in [0.1, 0.15) is 31.3 Å². The van der Waals surface area contributed by atoms with Gasteiger partial charge in [0.15, 0.2) is 5.82 Å². The molecule has 1 heterocycles. The first-order valence-electron chi connectivity index (χ1n) is 8.97. The van der Waals surface area contributed by atoms with E-state index >= 15 is 0 Å². The molecule has 0 saturated carbocycles. The molecule has 3 aromatic rings. The molecule has 0 bridgehead atoms. The molecule has 7 nitrogen and oxygen atoms in total. The molecule has 0 aliphatic carbocycles. The first kappa shape index (κ1) is 22.8. The maximum atomic E-state index is 12.7. The van der Waals surface area contributed by atoms with E-state index in [9.17, 15) is 8.42 Å². The molecule has 1 N–H and O–H groups in total. The summed E-state index contributed by atoms with van der Waals surface area (Å²) < 4.78 is 35.6. The van der Waals surface area contributed by atoms with Crippen LogP contribution in [-0.4, -0.2) is 23.2 Å². The van der Waals surface area contributed by atoms with Crippen molar-refractivity contribution in [1.82, 2.24) is 19.5 Å². The van der Waals surface area contributed by atoms with Crippen LogP contribution in [0.3, 0.4) is 0 Å². The van der Waals surface area contributed by atoms with Gasteiger partial charge in [0.05, 0.1) is 21.0 Å². The predicted octanol–water partition coefficient (Wildman–Crippen LogP) is 5.40. The molecule has 2 aromatic carbocycles. The van der Waals surface area contributed by atoms with Gasteiger partial charge in [-0.15, -0.1) is 5.10 Å². The Morgan fingerprint density at radius 3 is 2.40 bits per heavy atom. The molecule has 0 fully saturated rings. The fraction of sp³-hybridized carbons (Fsp3) is 0.263. The Labute approximate surface area is 190 Å². The van der Waals surface area contributed by atoms with E-state index in [2.05, 4.69) is 14.9 Å². The molecular weight excluding hydrogens is 471 g/mol. The quantitative estimate of drug-likeness (QED) is 0.480.